The Morgan fingerprint density at radius 1 is 0.930 bits per heavy atom. The fourth-order valence-electron chi connectivity index (χ4n) is 6.06. The van der Waals surface area contributed by atoms with Gasteiger partial charge in [0.25, 0.3) is 5.91 Å². The van der Waals surface area contributed by atoms with Crippen molar-refractivity contribution in [2.24, 2.45) is 5.92 Å². The number of carboxylic acid groups (broad SMARTS) is 1. The minimum atomic E-state index is -1.07. The van der Waals surface area contributed by atoms with Crippen molar-refractivity contribution in [1.29, 1.82) is 0 Å². The van der Waals surface area contributed by atoms with Gasteiger partial charge in [0.05, 0.1) is 6.42 Å². The SMILES string of the molecule is Cc1ccccc1NC(=O)Nc1ccc(CN2C(=O)N([C@H](C(=O)N[C@H](C)CC(=O)O)C(C)C)C(=O)C23CCCCC3)cc1. The highest BCUT2D eigenvalue weighted by molar-refractivity contribution is 6.10. The molecule has 230 valence electrons. The average molecular weight is 592 g/mol. The van der Waals surface area contributed by atoms with Crippen LogP contribution in [0.4, 0.5) is 21.0 Å². The van der Waals surface area contributed by atoms with Crippen molar-refractivity contribution in [2.45, 2.75) is 90.4 Å². The van der Waals surface area contributed by atoms with Gasteiger partial charge in [-0.3, -0.25) is 14.4 Å². The van der Waals surface area contributed by atoms with Gasteiger partial charge < -0.3 is 26.0 Å². The molecule has 1 aliphatic carbocycles. The lowest BCUT2D eigenvalue weighted by Gasteiger charge is -2.38. The lowest BCUT2D eigenvalue weighted by Crippen LogP contribution is -2.55. The number of hydrogen-bond donors (Lipinski definition) is 4. The van der Waals surface area contributed by atoms with Crippen molar-refractivity contribution in [3.63, 3.8) is 0 Å². The van der Waals surface area contributed by atoms with E-state index in [-0.39, 0.29) is 30.8 Å². The molecule has 2 aliphatic rings. The second kappa shape index (κ2) is 13.3. The number of amides is 6. The van der Waals surface area contributed by atoms with Gasteiger partial charge in [-0.15, -0.1) is 0 Å². The van der Waals surface area contributed by atoms with E-state index in [1.54, 1.807) is 49.9 Å². The van der Waals surface area contributed by atoms with Gasteiger partial charge in [-0.25, -0.2) is 14.5 Å². The Hall–Kier alpha value is -4.41. The Kier molecular flexibility index (Phi) is 9.73. The van der Waals surface area contributed by atoms with Gasteiger partial charge in [0.2, 0.25) is 5.91 Å². The minimum Gasteiger partial charge on any atom is -0.481 e. The molecule has 0 unspecified atom stereocenters. The molecule has 43 heavy (non-hydrogen) atoms. The molecular formula is C32H41N5O6. The molecule has 2 aromatic carbocycles. The molecule has 1 aliphatic heterocycles. The highest BCUT2D eigenvalue weighted by atomic mass is 16.4. The van der Waals surface area contributed by atoms with Crippen LogP contribution in [0.25, 0.3) is 0 Å². The summed E-state index contributed by atoms with van der Waals surface area (Å²) >= 11 is 0. The Morgan fingerprint density at radius 2 is 1.58 bits per heavy atom. The fraction of sp³-hybridized carbons (Fsp3) is 0.469. The molecule has 2 atom stereocenters. The topological polar surface area (TPSA) is 148 Å². The molecule has 1 saturated carbocycles. The summed E-state index contributed by atoms with van der Waals surface area (Å²) < 4.78 is 0. The van der Waals surface area contributed by atoms with E-state index < -0.39 is 35.5 Å². The van der Waals surface area contributed by atoms with Crippen LogP contribution in [0.1, 0.15) is 70.4 Å². The van der Waals surface area contributed by atoms with Crippen LogP contribution in [0.5, 0.6) is 0 Å². The maximum atomic E-state index is 14.1. The maximum absolute atomic E-state index is 14.1. The Labute approximate surface area is 252 Å². The molecule has 2 fully saturated rings. The molecule has 4 rings (SSSR count). The van der Waals surface area contributed by atoms with Crippen molar-refractivity contribution in [3.05, 3.63) is 59.7 Å². The van der Waals surface area contributed by atoms with Gasteiger partial charge in [-0.2, -0.15) is 0 Å². The fourth-order valence-corrected chi connectivity index (χ4v) is 6.06. The Bertz CT molecular complexity index is 1370. The molecule has 0 bridgehead atoms. The molecule has 1 saturated heterocycles. The molecule has 11 nitrogen and oxygen atoms in total. The molecule has 0 radical (unpaired) electrons. The van der Waals surface area contributed by atoms with E-state index in [1.807, 2.05) is 31.2 Å². The molecule has 0 aromatic heterocycles. The van der Waals surface area contributed by atoms with Crippen LogP contribution in [0, 0.1) is 12.8 Å². The predicted octanol–water partition coefficient (Wildman–Crippen LogP) is 5.11. The number of carbonyl (C=O) groups excluding carboxylic acids is 4. The summed E-state index contributed by atoms with van der Waals surface area (Å²) in [5, 5.41) is 17.4. The van der Waals surface area contributed by atoms with Crippen LogP contribution in [-0.4, -0.2) is 62.4 Å². The van der Waals surface area contributed by atoms with E-state index >= 15 is 0 Å². The first-order chi connectivity index (χ1) is 20.4. The third-order valence-electron chi connectivity index (χ3n) is 8.24. The first-order valence-electron chi connectivity index (χ1n) is 14.8. The lowest BCUT2D eigenvalue weighted by molar-refractivity contribution is -0.142. The predicted molar refractivity (Wildman–Crippen MR) is 162 cm³/mol. The minimum absolute atomic E-state index is 0.165. The summed E-state index contributed by atoms with van der Waals surface area (Å²) in [5.74, 6) is -2.36. The average Bonchev–Trinajstić information content (AvgIpc) is 3.12. The quantitative estimate of drug-likeness (QED) is 0.282. The molecule has 4 N–H and O–H groups in total. The number of nitrogens with zero attached hydrogens (tertiary/aromatic N) is 2. The van der Waals surface area contributed by atoms with Crippen molar-refractivity contribution in [3.8, 4) is 0 Å². The van der Waals surface area contributed by atoms with E-state index in [9.17, 15) is 24.0 Å². The van der Waals surface area contributed by atoms with E-state index in [0.717, 1.165) is 35.3 Å². The zero-order chi connectivity index (χ0) is 31.3. The zero-order valence-electron chi connectivity index (χ0n) is 25.2. The monoisotopic (exact) mass is 591 g/mol. The van der Waals surface area contributed by atoms with Gasteiger partial charge >= 0.3 is 18.0 Å². The first-order valence-corrected chi connectivity index (χ1v) is 14.8. The summed E-state index contributed by atoms with van der Waals surface area (Å²) in [7, 11) is 0. The summed E-state index contributed by atoms with van der Waals surface area (Å²) in [6.07, 6.45) is 3.28. The normalized spacial score (nSPS) is 17.6. The Morgan fingerprint density at radius 3 is 2.19 bits per heavy atom. The molecule has 2 aromatic rings. The number of urea groups is 2. The maximum Gasteiger partial charge on any atom is 0.328 e. The number of para-hydroxylation sites is 1. The third kappa shape index (κ3) is 6.98. The molecule has 1 spiro atoms. The van der Waals surface area contributed by atoms with Crippen LogP contribution in [0.3, 0.4) is 0 Å². The summed E-state index contributed by atoms with van der Waals surface area (Å²) in [6, 6.07) is 11.9. The third-order valence-corrected chi connectivity index (χ3v) is 8.24. The molecule has 11 heteroatoms. The number of aryl methyl sites for hydroxylation is 1. The summed E-state index contributed by atoms with van der Waals surface area (Å²) in [4.78, 5) is 67.8. The highest BCUT2D eigenvalue weighted by Gasteiger charge is 2.59. The second-order valence-corrected chi connectivity index (χ2v) is 11.9. The largest absolute Gasteiger partial charge is 0.481 e. The number of imide groups is 1. The number of aliphatic carboxylic acids is 1. The van der Waals surface area contributed by atoms with E-state index in [2.05, 4.69) is 16.0 Å². The van der Waals surface area contributed by atoms with Gasteiger partial charge in [-0.05, 0) is 61.9 Å². The van der Waals surface area contributed by atoms with Crippen molar-refractivity contribution >= 4 is 41.2 Å². The summed E-state index contributed by atoms with van der Waals surface area (Å²) in [6.45, 7) is 7.19. The standard InChI is InChI=1S/C32H41N5O6/c1-20(2)27(28(40)33-22(4)18-26(38)39)37-29(41)32(16-8-5-9-17-32)36(31(37)43)19-23-12-14-24(15-13-23)34-30(42)35-25-11-7-6-10-21(25)3/h6-7,10-15,20,22,27H,5,8-9,16-19H2,1-4H3,(H,33,40)(H,38,39)(H2,34,35,42)/t22-,27+/m1/s1. The van der Waals surface area contributed by atoms with Gasteiger partial charge in [0.1, 0.15) is 11.6 Å². The van der Waals surface area contributed by atoms with Gasteiger partial charge in [-0.1, -0.05) is 63.4 Å². The smallest absolute Gasteiger partial charge is 0.328 e. The van der Waals surface area contributed by atoms with Crippen molar-refractivity contribution < 1.29 is 29.1 Å². The van der Waals surface area contributed by atoms with Crippen molar-refractivity contribution in [1.82, 2.24) is 15.1 Å². The first kappa shape index (κ1) is 31.5. The number of nitrogens with one attached hydrogen (secondary N) is 3. The highest BCUT2D eigenvalue weighted by Crippen LogP contribution is 2.43. The molecular weight excluding hydrogens is 550 g/mol. The number of benzene rings is 2. The van der Waals surface area contributed by atoms with Crippen LogP contribution in [0.2, 0.25) is 0 Å². The van der Waals surface area contributed by atoms with Gasteiger partial charge in [0.15, 0.2) is 0 Å². The van der Waals surface area contributed by atoms with Crippen LogP contribution < -0.4 is 16.0 Å². The number of carboxylic acids is 1. The molecule has 1 heterocycles. The second-order valence-electron chi connectivity index (χ2n) is 11.9. The van der Waals surface area contributed by atoms with Crippen LogP contribution in [0.15, 0.2) is 48.5 Å². The summed E-state index contributed by atoms with van der Waals surface area (Å²) in [5.41, 5.74) is 1.95. The molecule has 6 amide bonds. The number of anilines is 2. The van der Waals surface area contributed by atoms with E-state index in [0.29, 0.717) is 24.2 Å². The van der Waals surface area contributed by atoms with E-state index in [4.69, 9.17) is 5.11 Å². The number of carbonyl (C=O) groups is 5. The number of rotatable bonds is 10. The van der Waals surface area contributed by atoms with E-state index in [1.165, 1.54) is 0 Å². The zero-order valence-corrected chi connectivity index (χ0v) is 25.2. The van der Waals surface area contributed by atoms with Gasteiger partial charge in [0, 0.05) is 24.0 Å². The van der Waals surface area contributed by atoms with Crippen molar-refractivity contribution in [2.75, 3.05) is 10.6 Å². The van der Waals surface area contributed by atoms with Crippen LogP contribution in [-0.2, 0) is 20.9 Å². The van der Waals surface area contributed by atoms with Crippen LogP contribution >= 0.6 is 0 Å². The Balaban J connectivity index is 1.53. The lowest BCUT2D eigenvalue weighted by atomic mass is 9.80. The number of hydrogen-bond acceptors (Lipinski definition) is 5.